The van der Waals surface area contributed by atoms with Crippen molar-refractivity contribution >= 4 is 16.9 Å². The normalized spacial score (nSPS) is 24.2. The fraction of sp³-hybridized carbons (Fsp3) is 0.357. The Kier molecular flexibility index (Phi) is 2.80. The predicted molar refractivity (Wildman–Crippen MR) is 67.6 cm³/mol. The largest absolute Gasteiger partial charge is 0.481 e. The molecule has 1 aromatic carbocycles. The minimum atomic E-state index is -0.723. The Labute approximate surface area is 105 Å². The molecule has 1 fully saturated rings. The molecule has 0 radical (unpaired) electrons. The maximum atomic E-state index is 11.3. The fourth-order valence-corrected chi connectivity index (χ4v) is 2.73. The van der Waals surface area contributed by atoms with Crippen LogP contribution in [0.4, 0.5) is 0 Å². The van der Waals surface area contributed by atoms with Gasteiger partial charge in [-0.2, -0.15) is 0 Å². The summed E-state index contributed by atoms with van der Waals surface area (Å²) < 4.78 is 5.31. The second kappa shape index (κ2) is 4.46. The zero-order valence-corrected chi connectivity index (χ0v) is 9.93. The monoisotopic (exact) mass is 245 g/mol. The molecule has 2 atom stereocenters. The SMILES string of the molecule is O=C(O)C1CNCCC1c1ccc2occc2c1. The van der Waals surface area contributed by atoms with Gasteiger partial charge in [0.05, 0.1) is 12.2 Å². The molecule has 4 heteroatoms. The van der Waals surface area contributed by atoms with Crippen molar-refractivity contribution in [1.29, 1.82) is 0 Å². The number of carbonyl (C=O) groups is 1. The third kappa shape index (κ3) is 1.88. The van der Waals surface area contributed by atoms with Crippen molar-refractivity contribution in [2.75, 3.05) is 13.1 Å². The second-order valence-corrected chi connectivity index (χ2v) is 4.76. The van der Waals surface area contributed by atoms with Gasteiger partial charge in [0.25, 0.3) is 0 Å². The molecule has 2 aromatic rings. The van der Waals surface area contributed by atoms with E-state index in [0.29, 0.717) is 6.54 Å². The van der Waals surface area contributed by atoms with Crippen molar-refractivity contribution in [1.82, 2.24) is 5.32 Å². The summed E-state index contributed by atoms with van der Waals surface area (Å²) in [4.78, 5) is 11.3. The number of rotatable bonds is 2. The van der Waals surface area contributed by atoms with E-state index in [9.17, 15) is 9.90 Å². The van der Waals surface area contributed by atoms with E-state index in [1.165, 1.54) is 0 Å². The second-order valence-electron chi connectivity index (χ2n) is 4.76. The van der Waals surface area contributed by atoms with Crippen LogP contribution in [0, 0.1) is 5.92 Å². The highest BCUT2D eigenvalue weighted by Gasteiger charge is 2.31. The Hall–Kier alpha value is -1.81. The van der Waals surface area contributed by atoms with E-state index < -0.39 is 5.97 Å². The lowest BCUT2D eigenvalue weighted by Crippen LogP contribution is -2.39. The Morgan fingerprint density at radius 3 is 3.11 bits per heavy atom. The molecular formula is C14H15NO3. The third-order valence-corrected chi connectivity index (χ3v) is 3.70. The Bertz CT molecular complexity index is 575. The van der Waals surface area contributed by atoms with Gasteiger partial charge in [0, 0.05) is 11.9 Å². The average molecular weight is 245 g/mol. The van der Waals surface area contributed by atoms with E-state index >= 15 is 0 Å². The van der Waals surface area contributed by atoms with Crippen LogP contribution in [-0.2, 0) is 4.79 Å². The zero-order valence-electron chi connectivity index (χ0n) is 9.93. The quantitative estimate of drug-likeness (QED) is 0.851. The zero-order chi connectivity index (χ0) is 12.5. The number of nitrogens with one attached hydrogen (secondary N) is 1. The summed E-state index contributed by atoms with van der Waals surface area (Å²) in [7, 11) is 0. The first-order valence-electron chi connectivity index (χ1n) is 6.16. The summed E-state index contributed by atoms with van der Waals surface area (Å²) in [6.45, 7) is 1.42. The van der Waals surface area contributed by atoms with Crippen LogP contribution in [0.5, 0.6) is 0 Å². The molecule has 1 aliphatic heterocycles. The van der Waals surface area contributed by atoms with Gasteiger partial charge >= 0.3 is 5.97 Å². The number of fused-ring (bicyclic) bond motifs is 1. The van der Waals surface area contributed by atoms with Crippen molar-refractivity contribution < 1.29 is 14.3 Å². The van der Waals surface area contributed by atoms with Crippen molar-refractivity contribution in [3.05, 3.63) is 36.1 Å². The standard InChI is InChI=1S/C14H15NO3/c16-14(17)12-8-15-5-3-11(12)9-1-2-13-10(7-9)4-6-18-13/h1-2,4,6-7,11-12,15H,3,5,8H2,(H,16,17). The average Bonchev–Trinajstić information content (AvgIpc) is 2.85. The number of carboxylic acids is 1. The lowest BCUT2D eigenvalue weighted by Gasteiger charge is -2.29. The van der Waals surface area contributed by atoms with Gasteiger partial charge in [-0.05, 0) is 42.6 Å². The van der Waals surface area contributed by atoms with E-state index in [4.69, 9.17) is 4.42 Å². The van der Waals surface area contributed by atoms with Crippen LogP contribution in [0.25, 0.3) is 11.0 Å². The number of furan rings is 1. The molecule has 1 aliphatic rings. The summed E-state index contributed by atoms with van der Waals surface area (Å²) in [5.41, 5.74) is 1.94. The highest BCUT2D eigenvalue weighted by molar-refractivity contribution is 5.78. The molecule has 4 nitrogen and oxygen atoms in total. The molecule has 2 heterocycles. The molecule has 94 valence electrons. The van der Waals surface area contributed by atoms with Crippen molar-refractivity contribution in [3.8, 4) is 0 Å². The van der Waals surface area contributed by atoms with Crippen LogP contribution in [0.1, 0.15) is 17.9 Å². The molecule has 0 aliphatic carbocycles. The lowest BCUT2D eigenvalue weighted by atomic mass is 9.81. The number of benzene rings is 1. The molecule has 1 aromatic heterocycles. The predicted octanol–water partition coefficient (Wildman–Crippen LogP) is 2.21. The highest BCUT2D eigenvalue weighted by Crippen LogP contribution is 2.32. The molecule has 18 heavy (non-hydrogen) atoms. The summed E-state index contributed by atoms with van der Waals surface area (Å²) in [5, 5.41) is 13.5. The smallest absolute Gasteiger partial charge is 0.308 e. The molecule has 2 unspecified atom stereocenters. The summed E-state index contributed by atoms with van der Waals surface area (Å²) >= 11 is 0. The van der Waals surface area contributed by atoms with Gasteiger partial charge in [0.15, 0.2) is 0 Å². The van der Waals surface area contributed by atoms with Crippen molar-refractivity contribution in [3.63, 3.8) is 0 Å². The Morgan fingerprint density at radius 1 is 1.39 bits per heavy atom. The summed E-state index contributed by atoms with van der Waals surface area (Å²) in [6, 6.07) is 7.86. The minimum absolute atomic E-state index is 0.0862. The minimum Gasteiger partial charge on any atom is -0.481 e. The maximum Gasteiger partial charge on any atom is 0.308 e. The van der Waals surface area contributed by atoms with E-state index in [1.54, 1.807) is 6.26 Å². The van der Waals surface area contributed by atoms with Gasteiger partial charge in [-0.3, -0.25) is 4.79 Å². The number of hydrogen-bond donors (Lipinski definition) is 2. The molecule has 3 rings (SSSR count). The molecule has 0 amide bonds. The van der Waals surface area contributed by atoms with E-state index in [-0.39, 0.29) is 11.8 Å². The Balaban J connectivity index is 1.97. The van der Waals surface area contributed by atoms with Gasteiger partial charge in [-0.1, -0.05) is 6.07 Å². The van der Waals surface area contributed by atoms with Crippen LogP contribution in [0.2, 0.25) is 0 Å². The number of piperidine rings is 1. The first-order chi connectivity index (χ1) is 8.75. The lowest BCUT2D eigenvalue weighted by molar-refractivity contribution is -0.142. The van der Waals surface area contributed by atoms with E-state index in [0.717, 1.165) is 29.5 Å². The highest BCUT2D eigenvalue weighted by atomic mass is 16.4. The molecule has 2 N–H and O–H groups in total. The molecule has 1 saturated heterocycles. The fourth-order valence-electron chi connectivity index (χ4n) is 2.73. The molecule has 0 bridgehead atoms. The van der Waals surface area contributed by atoms with Gasteiger partial charge < -0.3 is 14.8 Å². The van der Waals surface area contributed by atoms with Crippen molar-refractivity contribution in [2.45, 2.75) is 12.3 Å². The van der Waals surface area contributed by atoms with Crippen molar-refractivity contribution in [2.24, 2.45) is 5.92 Å². The van der Waals surface area contributed by atoms with Crippen LogP contribution in [-0.4, -0.2) is 24.2 Å². The number of carboxylic acid groups (broad SMARTS) is 1. The topological polar surface area (TPSA) is 62.5 Å². The van der Waals surface area contributed by atoms with Crippen LogP contribution >= 0.6 is 0 Å². The van der Waals surface area contributed by atoms with E-state index in [2.05, 4.69) is 5.32 Å². The molecular weight excluding hydrogens is 230 g/mol. The first kappa shape index (κ1) is 11.3. The van der Waals surface area contributed by atoms with Crippen LogP contribution < -0.4 is 5.32 Å². The van der Waals surface area contributed by atoms with Gasteiger partial charge in [0.2, 0.25) is 0 Å². The number of hydrogen-bond acceptors (Lipinski definition) is 3. The maximum absolute atomic E-state index is 11.3. The summed E-state index contributed by atoms with van der Waals surface area (Å²) in [6.07, 6.45) is 2.52. The van der Waals surface area contributed by atoms with Gasteiger partial charge in [-0.15, -0.1) is 0 Å². The molecule has 0 spiro atoms. The Morgan fingerprint density at radius 2 is 2.28 bits per heavy atom. The van der Waals surface area contributed by atoms with Gasteiger partial charge in [0.1, 0.15) is 5.58 Å². The van der Waals surface area contributed by atoms with Crippen LogP contribution in [0.15, 0.2) is 34.9 Å². The third-order valence-electron chi connectivity index (χ3n) is 3.70. The van der Waals surface area contributed by atoms with Gasteiger partial charge in [-0.25, -0.2) is 0 Å². The number of aliphatic carboxylic acids is 1. The molecule has 0 saturated carbocycles. The summed E-state index contributed by atoms with van der Waals surface area (Å²) in [5.74, 6) is -0.981. The van der Waals surface area contributed by atoms with Crippen LogP contribution in [0.3, 0.4) is 0 Å². The van der Waals surface area contributed by atoms with E-state index in [1.807, 2.05) is 24.3 Å². The first-order valence-corrected chi connectivity index (χ1v) is 6.16.